The predicted octanol–water partition coefficient (Wildman–Crippen LogP) is 12.3. The van der Waals surface area contributed by atoms with Crippen molar-refractivity contribution in [2.45, 2.75) is 27.2 Å². The first kappa shape index (κ1) is 58.7. The molecule has 0 nitrogen and oxygen atoms in total. The average Bonchev–Trinajstić information content (AvgIpc) is 2.90. The molecule has 0 bridgehead atoms. The molecule has 2 aromatic carbocycles. The van der Waals surface area contributed by atoms with E-state index in [1.165, 1.54) is 23.3 Å². The maximum absolute atomic E-state index is 11.9. The molecule has 42 heavy (non-hydrogen) atoms. The number of hydrogen-bond donors (Lipinski definition) is 0. The van der Waals surface area contributed by atoms with Gasteiger partial charge in [-0.25, -0.2) is 79.0 Å². The van der Waals surface area contributed by atoms with Gasteiger partial charge in [-0.05, 0) is 20.8 Å². The van der Waals surface area contributed by atoms with Crippen LogP contribution in [0.1, 0.15) is 28.7 Å². The fraction of sp³-hybridized carbons (Fsp3) is 0.500. The number of halogens is 18. The lowest BCUT2D eigenvalue weighted by atomic mass is 10.2. The lowest BCUT2D eigenvalue weighted by Gasteiger charge is -1.97. The van der Waals surface area contributed by atoms with E-state index in [0.29, 0.717) is 0 Å². The quantitative estimate of drug-likeness (QED) is 0.266. The zero-order chi connectivity index (χ0) is 35.2. The Bertz CT molecular complexity index is 556. The SMILES string of the molecule is Cc1ccc(C(F)F)cc1.Cc1ccc(C)cc1.FCF.FCF.FCF.FCF.FCF.FCF.FCF.FCF. The highest BCUT2D eigenvalue weighted by atomic mass is 19.3. The molecule has 2 rings (SSSR count). The summed E-state index contributed by atoms with van der Waals surface area (Å²) in [4.78, 5) is 0. The highest BCUT2D eigenvalue weighted by Gasteiger charge is 2.03. The number of alkyl halides is 18. The molecule has 0 aliphatic carbocycles. The zero-order valence-corrected chi connectivity index (χ0v) is 22.7. The van der Waals surface area contributed by atoms with Crippen LogP contribution in [-0.2, 0) is 0 Å². The highest BCUT2D eigenvalue weighted by molar-refractivity contribution is 5.22. The Balaban J connectivity index is -0.0000000543. The molecular weight excluding hydrogens is 630 g/mol. The second-order valence-electron chi connectivity index (χ2n) is 5.17. The second-order valence-corrected chi connectivity index (χ2v) is 5.17. The Morgan fingerprint density at radius 2 is 0.452 bits per heavy atom. The number of hydrogen-bond acceptors (Lipinski definition) is 0. The summed E-state index contributed by atoms with van der Waals surface area (Å²) in [5.74, 6) is 0. The molecule has 0 fully saturated rings. The van der Waals surface area contributed by atoms with Crippen molar-refractivity contribution in [2.75, 3.05) is 55.4 Å². The van der Waals surface area contributed by atoms with E-state index in [4.69, 9.17) is 0 Å². The Kier molecular flexibility index (Phi) is 93.0. The lowest BCUT2D eigenvalue weighted by Crippen LogP contribution is -1.82. The van der Waals surface area contributed by atoms with Gasteiger partial charge in [0.05, 0.1) is 0 Å². The molecule has 0 aliphatic heterocycles. The van der Waals surface area contributed by atoms with Crippen molar-refractivity contribution in [3.63, 3.8) is 0 Å². The van der Waals surface area contributed by atoms with Gasteiger partial charge in [-0.2, -0.15) is 0 Å². The van der Waals surface area contributed by atoms with Crippen molar-refractivity contribution in [1.29, 1.82) is 0 Å². The molecule has 256 valence electrons. The van der Waals surface area contributed by atoms with Crippen LogP contribution in [0, 0.1) is 20.8 Å². The molecule has 0 unspecified atom stereocenters. The van der Waals surface area contributed by atoms with Gasteiger partial charge in [-0.15, -0.1) is 0 Å². The van der Waals surface area contributed by atoms with Crippen LogP contribution >= 0.6 is 0 Å². The van der Waals surface area contributed by atoms with Gasteiger partial charge >= 0.3 is 0 Å². The first-order chi connectivity index (χ1) is 19.8. The zero-order valence-electron chi connectivity index (χ0n) is 22.7. The van der Waals surface area contributed by atoms with Gasteiger partial charge in [-0.3, -0.25) is 0 Å². The molecule has 0 radical (unpaired) electrons. The van der Waals surface area contributed by atoms with E-state index in [1.54, 1.807) is 12.1 Å². The van der Waals surface area contributed by atoms with E-state index in [0.717, 1.165) is 5.56 Å². The maximum Gasteiger partial charge on any atom is 0.263 e. The molecule has 18 heteroatoms. The normalized spacial score (nSPS) is 7.67. The van der Waals surface area contributed by atoms with Gasteiger partial charge < -0.3 is 0 Å². The van der Waals surface area contributed by atoms with Gasteiger partial charge in [0.25, 0.3) is 6.43 Å². The van der Waals surface area contributed by atoms with E-state index < -0.39 is 61.9 Å². The van der Waals surface area contributed by atoms with E-state index >= 15 is 0 Å². The largest absolute Gasteiger partial charge is 0.263 e. The third-order valence-corrected chi connectivity index (χ3v) is 2.55. The first-order valence-corrected chi connectivity index (χ1v) is 10.1. The van der Waals surface area contributed by atoms with Crippen LogP contribution in [0.4, 0.5) is 79.0 Å². The topological polar surface area (TPSA) is 0 Å². The number of benzene rings is 2. The summed E-state index contributed by atoms with van der Waals surface area (Å²) in [5, 5.41) is 0. The summed E-state index contributed by atoms with van der Waals surface area (Å²) in [6.45, 7) is -7.94. The Hall–Kier alpha value is -2.82. The van der Waals surface area contributed by atoms with E-state index in [9.17, 15) is 79.0 Å². The summed E-state index contributed by atoms with van der Waals surface area (Å²) < 4.78 is 178. The van der Waals surface area contributed by atoms with E-state index in [1.807, 2.05) is 6.92 Å². The fourth-order valence-corrected chi connectivity index (χ4v) is 1.35. The molecule has 0 aliphatic rings. The van der Waals surface area contributed by atoms with Crippen molar-refractivity contribution >= 4 is 0 Å². The average molecular weight is 665 g/mol. The van der Waals surface area contributed by atoms with Gasteiger partial charge in [0.1, 0.15) is 0 Å². The van der Waals surface area contributed by atoms with Crippen molar-refractivity contribution in [1.82, 2.24) is 0 Å². The van der Waals surface area contributed by atoms with Crippen LogP contribution in [0.2, 0.25) is 0 Å². The molecule has 0 saturated heterocycles. The summed E-state index contributed by atoms with van der Waals surface area (Å²) in [5.41, 5.74) is 3.75. The Labute approximate surface area is 233 Å². The van der Waals surface area contributed by atoms with Gasteiger partial charge in [0, 0.05) is 5.56 Å². The van der Waals surface area contributed by atoms with Gasteiger partial charge in [0.2, 0.25) is 55.4 Å². The number of aryl methyl sites for hydroxylation is 3. The minimum absolute atomic E-state index is 0.0885. The van der Waals surface area contributed by atoms with Gasteiger partial charge in [-0.1, -0.05) is 65.2 Å². The van der Waals surface area contributed by atoms with E-state index in [2.05, 4.69) is 38.1 Å². The molecule has 0 spiro atoms. The van der Waals surface area contributed by atoms with Crippen molar-refractivity contribution in [3.05, 3.63) is 70.8 Å². The van der Waals surface area contributed by atoms with Crippen molar-refractivity contribution in [2.24, 2.45) is 0 Å². The minimum Gasteiger partial charge on any atom is -0.214 e. The van der Waals surface area contributed by atoms with Gasteiger partial charge in [0.15, 0.2) is 0 Å². The second kappa shape index (κ2) is 66.5. The van der Waals surface area contributed by atoms with Crippen molar-refractivity contribution in [3.8, 4) is 0 Å². The molecule has 0 saturated carbocycles. The fourth-order valence-electron chi connectivity index (χ4n) is 1.35. The summed E-state index contributed by atoms with van der Waals surface area (Å²) in [6.07, 6.45) is -2.35. The summed E-state index contributed by atoms with van der Waals surface area (Å²) in [6, 6.07) is 14.7. The predicted molar refractivity (Wildman–Crippen MR) is 129 cm³/mol. The molecule has 0 amide bonds. The van der Waals surface area contributed by atoms with E-state index in [-0.39, 0.29) is 5.56 Å². The van der Waals surface area contributed by atoms with Crippen LogP contribution in [0.3, 0.4) is 0 Å². The molecule has 0 N–H and O–H groups in total. The van der Waals surface area contributed by atoms with Crippen LogP contribution in [0.25, 0.3) is 0 Å². The monoisotopic (exact) mass is 664 g/mol. The molecule has 0 atom stereocenters. The molecular formula is C24H34F18. The third kappa shape index (κ3) is 108. The summed E-state index contributed by atoms with van der Waals surface area (Å²) >= 11 is 0. The van der Waals surface area contributed by atoms with Crippen LogP contribution in [0.15, 0.2) is 48.5 Å². The van der Waals surface area contributed by atoms with Crippen LogP contribution < -0.4 is 0 Å². The lowest BCUT2D eigenvalue weighted by molar-refractivity contribution is 0.151. The third-order valence-electron chi connectivity index (χ3n) is 2.55. The molecule has 0 aromatic heterocycles. The molecule has 0 heterocycles. The van der Waals surface area contributed by atoms with Crippen molar-refractivity contribution < 1.29 is 79.0 Å². The standard InChI is InChI=1S/C8H8F2.C8H10.8CH2F2/c1-6-2-4-7(5-3-6)8(9)10;1-7-3-5-8(2)6-4-7;8*2-1-3/h2-5,8H,1H3;3-6H,1-2H3;8*1H2. The summed E-state index contributed by atoms with van der Waals surface area (Å²) in [7, 11) is 0. The first-order valence-electron chi connectivity index (χ1n) is 10.1. The number of rotatable bonds is 1. The maximum atomic E-state index is 11.9. The molecule has 2 aromatic rings. The minimum atomic E-state index is -2.35. The highest BCUT2D eigenvalue weighted by Crippen LogP contribution is 2.18. The Morgan fingerprint density at radius 1 is 0.333 bits per heavy atom. The smallest absolute Gasteiger partial charge is 0.214 e. The van der Waals surface area contributed by atoms with Crippen LogP contribution in [0.5, 0.6) is 0 Å². The Morgan fingerprint density at radius 3 is 0.571 bits per heavy atom. The van der Waals surface area contributed by atoms with Crippen LogP contribution in [-0.4, -0.2) is 55.4 Å².